The SMILES string of the molecule is ISO[C@H]1CCNC1. The summed E-state index contributed by atoms with van der Waals surface area (Å²) in [4.78, 5) is 0. The van der Waals surface area contributed by atoms with Gasteiger partial charge in [0.2, 0.25) is 0 Å². The third kappa shape index (κ3) is 2.08. The molecule has 1 rings (SSSR count). The fourth-order valence-electron chi connectivity index (χ4n) is 0.762. The Kier molecular flexibility index (Phi) is 3.48. The highest BCUT2D eigenvalue weighted by Crippen LogP contribution is 2.18. The zero-order valence-corrected chi connectivity index (χ0v) is 7.37. The molecule has 8 heavy (non-hydrogen) atoms. The van der Waals surface area contributed by atoms with Crippen LogP contribution in [0.1, 0.15) is 6.42 Å². The molecule has 1 N–H and O–H groups in total. The number of halogens is 1. The van der Waals surface area contributed by atoms with Crippen molar-refractivity contribution in [2.24, 2.45) is 0 Å². The molecule has 1 atom stereocenters. The van der Waals surface area contributed by atoms with Gasteiger partial charge in [-0.2, -0.15) is 0 Å². The van der Waals surface area contributed by atoms with Crippen LogP contribution in [0.15, 0.2) is 0 Å². The maximum atomic E-state index is 5.24. The molecule has 0 aromatic heterocycles. The van der Waals surface area contributed by atoms with Crippen LogP contribution in [0.25, 0.3) is 0 Å². The quantitative estimate of drug-likeness (QED) is 0.586. The molecule has 0 aromatic rings. The number of hydrogen-bond donors (Lipinski definition) is 1. The van der Waals surface area contributed by atoms with E-state index in [9.17, 15) is 0 Å². The van der Waals surface area contributed by atoms with Crippen molar-refractivity contribution in [3.63, 3.8) is 0 Å². The summed E-state index contributed by atoms with van der Waals surface area (Å²) in [5.74, 6) is 0. The van der Waals surface area contributed by atoms with E-state index < -0.39 is 0 Å². The largest absolute Gasteiger partial charge is 0.314 e. The minimum atomic E-state index is 0.455. The Morgan fingerprint density at radius 1 is 1.75 bits per heavy atom. The molecule has 0 radical (unpaired) electrons. The van der Waals surface area contributed by atoms with Crippen molar-refractivity contribution in [2.45, 2.75) is 12.5 Å². The van der Waals surface area contributed by atoms with E-state index in [2.05, 4.69) is 26.5 Å². The van der Waals surface area contributed by atoms with E-state index >= 15 is 0 Å². The molecular formula is C4H8INOS. The maximum Gasteiger partial charge on any atom is 0.0868 e. The molecule has 0 bridgehead atoms. The summed E-state index contributed by atoms with van der Waals surface area (Å²) in [6, 6.07) is 0. The second kappa shape index (κ2) is 3.92. The fraction of sp³-hybridized carbons (Fsp3) is 1.00. The monoisotopic (exact) mass is 245 g/mol. The molecule has 0 saturated carbocycles. The fourth-order valence-corrected chi connectivity index (χ4v) is 1.91. The summed E-state index contributed by atoms with van der Waals surface area (Å²) in [7, 11) is 1.43. The molecule has 0 aliphatic carbocycles. The highest BCUT2D eigenvalue weighted by atomic mass is 127. The summed E-state index contributed by atoms with van der Waals surface area (Å²) in [5, 5.41) is 3.22. The van der Waals surface area contributed by atoms with Crippen LogP contribution in [0.2, 0.25) is 0 Å². The van der Waals surface area contributed by atoms with Crippen molar-refractivity contribution in [1.82, 2.24) is 5.32 Å². The summed E-state index contributed by atoms with van der Waals surface area (Å²) < 4.78 is 5.24. The normalized spacial score (nSPS) is 28.9. The second-order valence-electron chi connectivity index (χ2n) is 1.77. The van der Waals surface area contributed by atoms with Gasteiger partial charge in [0, 0.05) is 27.8 Å². The third-order valence-corrected chi connectivity index (χ3v) is 2.16. The van der Waals surface area contributed by atoms with Crippen molar-refractivity contribution < 1.29 is 4.18 Å². The number of nitrogens with one attached hydrogen (secondary N) is 1. The van der Waals surface area contributed by atoms with Crippen LogP contribution >= 0.6 is 30.4 Å². The first-order chi connectivity index (χ1) is 3.93. The Morgan fingerprint density at radius 2 is 2.62 bits per heavy atom. The molecule has 4 heteroatoms. The van der Waals surface area contributed by atoms with Gasteiger partial charge >= 0.3 is 0 Å². The van der Waals surface area contributed by atoms with Gasteiger partial charge < -0.3 is 9.50 Å². The lowest BCUT2D eigenvalue weighted by atomic mass is 10.3. The van der Waals surface area contributed by atoms with Crippen LogP contribution in [0.3, 0.4) is 0 Å². The van der Waals surface area contributed by atoms with E-state index in [1.54, 1.807) is 0 Å². The predicted molar refractivity (Wildman–Crippen MR) is 44.0 cm³/mol. The van der Waals surface area contributed by atoms with Gasteiger partial charge in [-0.15, -0.1) is 0 Å². The maximum absolute atomic E-state index is 5.24. The molecular weight excluding hydrogens is 237 g/mol. The summed E-state index contributed by atoms with van der Waals surface area (Å²) in [6.45, 7) is 2.14. The molecule has 1 fully saturated rings. The lowest BCUT2D eigenvalue weighted by molar-refractivity contribution is 0.271. The van der Waals surface area contributed by atoms with Crippen LogP contribution in [0.5, 0.6) is 0 Å². The van der Waals surface area contributed by atoms with E-state index in [0.717, 1.165) is 19.5 Å². The second-order valence-corrected chi connectivity index (χ2v) is 3.17. The zero-order chi connectivity index (χ0) is 5.82. The molecule has 2 nitrogen and oxygen atoms in total. The van der Waals surface area contributed by atoms with E-state index in [1.165, 1.54) is 9.21 Å². The van der Waals surface area contributed by atoms with Crippen LogP contribution in [0, 0.1) is 0 Å². The molecule has 0 spiro atoms. The Labute approximate surface area is 65.5 Å². The number of rotatable bonds is 2. The average Bonchev–Trinajstić information content (AvgIpc) is 2.19. The van der Waals surface area contributed by atoms with Gasteiger partial charge in [0.25, 0.3) is 0 Å². The van der Waals surface area contributed by atoms with Gasteiger partial charge in [-0.1, -0.05) is 0 Å². The van der Waals surface area contributed by atoms with Crippen molar-refractivity contribution >= 4 is 30.4 Å². The molecule has 1 saturated heterocycles. The molecule has 1 aliphatic heterocycles. The van der Waals surface area contributed by atoms with Gasteiger partial charge in [0.05, 0.1) is 15.3 Å². The lowest BCUT2D eigenvalue weighted by Gasteiger charge is -2.02. The van der Waals surface area contributed by atoms with Gasteiger partial charge in [0.1, 0.15) is 0 Å². The van der Waals surface area contributed by atoms with Crippen LogP contribution in [0.4, 0.5) is 0 Å². The first-order valence-corrected chi connectivity index (χ1v) is 5.86. The highest BCUT2D eigenvalue weighted by Gasteiger charge is 2.13. The molecule has 1 aliphatic rings. The molecule has 0 aromatic carbocycles. The summed E-state index contributed by atoms with van der Waals surface area (Å²) in [5.41, 5.74) is 0. The first-order valence-electron chi connectivity index (χ1n) is 2.58. The molecule has 0 amide bonds. The van der Waals surface area contributed by atoms with Crippen molar-refractivity contribution in [1.29, 1.82) is 0 Å². The van der Waals surface area contributed by atoms with Crippen molar-refractivity contribution in [2.75, 3.05) is 13.1 Å². The van der Waals surface area contributed by atoms with E-state index in [1.807, 2.05) is 0 Å². The standard InChI is InChI=1S/C4H8INOS/c5-8-7-4-1-2-6-3-4/h4,6H,1-3H2/t4-/m0/s1. The molecule has 48 valence electrons. The van der Waals surface area contributed by atoms with Gasteiger partial charge in [0.15, 0.2) is 0 Å². The van der Waals surface area contributed by atoms with Crippen LogP contribution < -0.4 is 5.32 Å². The van der Waals surface area contributed by atoms with Gasteiger partial charge in [-0.05, 0) is 13.0 Å². The first kappa shape index (κ1) is 7.11. The minimum absolute atomic E-state index is 0.455. The molecule has 0 unspecified atom stereocenters. The highest BCUT2D eigenvalue weighted by molar-refractivity contribution is 14.2. The van der Waals surface area contributed by atoms with Gasteiger partial charge in [-0.3, -0.25) is 0 Å². The number of hydrogen-bond acceptors (Lipinski definition) is 3. The summed E-state index contributed by atoms with van der Waals surface area (Å²) >= 11 is 2.14. The Bertz CT molecular complexity index is 67.1. The Hall–Kier alpha value is 1.00. The lowest BCUT2D eigenvalue weighted by Crippen LogP contribution is -2.13. The van der Waals surface area contributed by atoms with E-state index in [-0.39, 0.29) is 0 Å². The minimum Gasteiger partial charge on any atom is -0.314 e. The Balaban J connectivity index is 2.06. The van der Waals surface area contributed by atoms with Crippen LogP contribution in [-0.4, -0.2) is 19.2 Å². The van der Waals surface area contributed by atoms with Crippen molar-refractivity contribution in [3.8, 4) is 0 Å². The van der Waals surface area contributed by atoms with Gasteiger partial charge in [-0.25, -0.2) is 0 Å². The zero-order valence-electron chi connectivity index (χ0n) is 4.39. The molecule has 1 heterocycles. The topological polar surface area (TPSA) is 21.3 Å². The average molecular weight is 245 g/mol. The summed E-state index contributed by atoms with van der Waals surface area (Å²) in [6.07, 6.45) is 1.62. The predicted octanol–water partition coefficient (Wildman–Crippen LogP) is 1.36. The van der Waals surface area contributed by atoms with Crippen LogP contribution in [-0.2, 0) is 4.18 Å². The third-order valence-electron chi connectivity index (χ3n) is 1.19. The van der Waals surface area contributed by atoms with Crippen molar-refractivity contribution in [3.05, 3.63) is 0 Å². The van der Waals surface area contributed by atoms with E-state index in [0.29, 0.717) is 6.10 Å². The smallest absolute Gasteiger partial charge is 0.0868 e. The van der Waals surface area contributed by atoms with E-state index in [4.69, 9.17) is 4.18 Å². The Morgan fingerprint density at radius 3 is 3.12 bits per heavy atom.